The van der Waals surface area contributed by atoms with Crippen molar-refractivity contribution in [3.63, 3.8) is 0 Å². The van der Waals surface area contributed by atoms with Crippen LogP contribution >= 0.6 is 0 Å². The van der Waals surface area contributed by atoms with E-state index in [9.17, 15) is 13.6 Å². The maximum absolute atomic E-state index is 12.8. The van der Waals surface area contributed by atoms with Crippen LogP contribution in [0.1, 0.15) is 27.2 Å². The summed E-state index contributed by atoms with van der Waals surface area (Å²) in [5, 5.41) is 5.19. The van der Waals surface area contributed by atoms with Crippen molar-refractivity contribution in [1.29, 1.82) is 0 Å². The number of halogens is 2. The number of amides is 1. The van der Waals surface area contributed by atoms with Crippen molar-refractivity contribution in [2.24, 2.45) is 5.41 Å². The Morgan fingerprint density at radius 2 is 2.13 bits per heavy atom. The first-order valence-electron chi connectivity index (χ1n) is 5.09. The SMILES string of the molecule is CC(C)(C)CNC(=O)C1CC(F)(F)CN1. The van der Waals surface area contributed by atoms with Crippen molar-refractivity contribution in [3.05, 3.63) is 0 Å². The molecule has 1 fully saturated rings. The van der Waals surface area contributed by atoms with Crippen LogP contribution in [0.25, 0.3) is 0 Å². The molecule has 1 atom stereocenters. The molecule has 0 aliphatic carbocycles. The van der Waals surface area contributed by atoms with Crippen molar-refractivity contribution < 1.29 is 13.6 Å². The van der Waals surface area contributed by atoms with Gasteiger partial charge in [-0.25, -0.2) is 8.78 Å². The van der Waals surface area contributed by atoms with Gasteiger partial charge in [-0.1, -0.05) is 20.8 Å². The lowest BCUT2D eigenvalue weighted by atomic mass is 9.97. The molecule has 1 aliphatic rings. The molecule has 0 saturated carbocycles. The van der Waals surface area contributed by atoms with E-state index in [0.29, 0.717) is 6.54 Å². The average molecular weight is 220 g/mol. The standard InChI is InChI=1S/C10H18F2N2O/c1-9(2,3)5-14-8(15)7-4-10(11,12)6-13-7/h7,13H,4-6H2,1-3H3,(H,14,15). The Kier molecular flexibility index (Phi) is 3.33. The smallest absolute Gasteiger partial charge is 0.262 e. The van der Waals surface area contributed by atoms with Gasteiger partial charge in [-0.3, -0.25) is 10.1 Å². The van der Waals surface area contributed by atoms with E-state index in [4.69, 9.17) is 0 Å². The molecule has 15 heavy (non-hydrogen) atoms. The summed E-state index contributed by atoms with van der Waals surface area (Å²) < 4.78 is 25.6. The highest BCUT2D eigenvalue weighted by atomic mass is 19.3. The second-order valence-corrected chi connectivity index (χ2v) is 5.27. The number of carbonyl (C=O) groups is 1. The van der Waals surface area contributed by atoms with Crippen LogP contribution < -0.4 is 10.6 Å². The molecule has 1 saturated heterocycles. The fourth-order valence-electron chi connectivity index (χ4n) is 1.38. The summed E-state index contributed by atoms with van der Waals surface area (Å²) in [5.41, 5.74) is -0.0310. The van der Waals surface area contributed by atoms with Crippen molar-refractivity contribution >= 4 is 5.91 Å². The molecule has 88 valence electrons. The molecule has 5 heteroatoms. The molecule has 0 bridgehead atoms. The van der Waals surface area contributed by atoms with Crippen molar-refractivity contribution in [2.45, 2.75) is 39.2 Å². The molecule has 0 aromatic heterocycles. The zero-order valence-electron chi connectivity index (χ0n) is 9.36. The maximum Gasteiger partial charge on any atom is 0.262 e. The molecule has 0 aromatic rings. The Hall–Kier alpha value is -0.710. The summed E-state index contributed by atoms with van der Waals surface area (Å²) in [7, 11) is 0. The average Bonchev–Trinajstić information content (AvgIpc) is 2.40. The molecule has 1 heterocycles. The van der Waals surface area contributed by atoms with E-state index in [1.54, 1.807) is 0 Å². The Morgan fingerprint density at radius 3 is 2.53 bits per heavy atom. The molecule has 0 aromatic carbocycles. The van der Waals surface area contributed by atoms with Gasteiger partial charge in [-0.05, 0) is 5.41 Å². The molecule has 1 aliphatic heterocycles. The topological polar surface area (TPSA) is 41.1 Å². The van der Waals surface area contributed by atoms with Gasteiger partial charge in [0.1, 0.15) is 0 Å². The highest BCUT2D eigenvalue weighted by Crippen LogP contribution is 2.25. The lowest BCUT2D eigenvalue weighted by Gasteiger charge is -2.20. The third-order valence-electron chi connectivity index (χ3n) is 2.22. The molecular weight excluding hydrogens is 202 g/mol. The van der Waals surface area contributed by atoms with Crippen molar-refractivity contribution in [1.82, 2.24) is 10.6 Å². The second-order valence-electron chi connectivity index (χ2n) is 5.27. The lowest BCUT2D eigenvalue weighted by Crippen LogP contribution is -2.43. The van der Waals surface area contributed by atoms with Crippen LogP contribution in [-0.2, 0) is 4.79 Å². The van der Waals surface area contributed by atoms with Gasteiger partial charge in [0, 0.05) is 13.0 Å². The van der Waals surface area contributed by atoms with E-state index in [2.05, 4.69) is 10.6 Å². The molecule has 1 rings (SSSR count). The first-order chi connectivity index (χ1) is 6.70. The van der Waals surface area contributed by atoms with E-state index in [0.717, 1.165) is 0 Å². The molecule has 0 radical (unpaired) electrons. The highest BCUT2D eigenvalue weighted by molar-refractivity contribution is 5.82. The van der Waals surface area contributed by atoms with Crippen molar-refractivity contribution in [3.8, 4) is 0 Å². The number of rotatable bonds is 2. The van der Waals surface area contributed by atoms with E-state index < -0.39 is 24.9 Å². The fourth-order valence-corrected chi connectivity index (χ4v) is 1.38. The van der Waals surface area contributed by atoms with Gasteiger partial charge < -0.3 is 5.32 Å². The predicted molar refractivity (Wildman–Crippen MR) is 53.8 cm³/mol. The summed E-state index contributed by atoms with van der Waals surface area (Å²) in [5.74, 6) is -3.08. The molecule has 1 amide bonds. The Labute approximate surface area is 88.6 Å². The monoisotopic (exact) mass is 220 g/mol. The fraction of sp³-hybridized carbons (Fsp3) is 0.900. The van der Waals surface area contributed by atoms with E-state index in [-0.39, 0.29) is 11.3 Å². The molecule has 0 spiro atoms. The number of nitrogens with one attached hydrogen (secondary N) is 2. The predicted octanol–water partition coefficient (Wildman–Crippen LogP) is 1.15. The van der Waals surface area contributed by atoms with E-state index in [1.807, 2.05) is 20.8 Å². The number of carbonyl (C=O) groups excluding carboxylic acids is 1. The van der Waals surface area contributed by atoms with Gasteiger partial charge in [0.05, 0.1) is 12.6 Å². The van der Waals surface area contributed by atoms with Crippen LogP contribution in [-0.4, -0.2) is 31.0 Å². The quantitative estimate of drug-likeness (QED) is 0.733. The summed E-state index contributed by atoms with van der Waals surface area (Å²) in [4.78, 5) is 11.5. The minimum absolute atomic E-state index is 0.0310. The minimum Gasteiger partial charge on any atom is -0.354 e. The number of alkyl halides is 2. The molecule has 3 nitrogen and oxygen atoms in total. The Bertz CT molecular complexity index is 248. The zero-order valence-corrected chi connectivity index (χ0v) is 9.36. The van der Waals surface area contributed by atoms with Crippen LogP contribution in [0.5, 0.6) is 0 Å². The summed E-state index contributed by atoms with van der Waals surface area (Å²) in [6.45, 7) is 6.02. The number of hydrogen-bond acceptors (Lipinski definition) is 2. The van der Waals surface area contributed by atoms with Gasteiger partial charge in [0.2, 0.25) is 5.91 Å². The van der Waals surface area contributed by atoms with Gasteiger partial charge in [0.15, 0.2) is 0 Å². The van der Waals surface area contributed by atoms with Crippen LogP contribution in [0.4, 0.5) is 8.78 Å². The maximum atomic E-state index is 12.8. The van der Waals surface area contributed by atoms with E-state index >= 15 is 0 Å². The van der Waals surface area contributed by atoms with Crippen LogP contribution in [0.3, 0.4) is 0 Å². The third-order valence-corrected chi connectivity index (χ3v) is 2.22. The minimum atomic E-state index is -2.75. The second kappa shape index (κ2) is 4.04. The van der Waals surface area contributed by atoms with Gasteiger partial charge >= 0.3 is 0 Å². The zero-order chi connectivity index (χ0) is 11.7. The lowest BCUT2D eigenvalue weighted by molar-refractivity contribution is -0.123. The van der Waals surface area contributed by atoms with Crippen molar-refractivity contribution in [2.75, 3.05) is 13.1 Å². The summed E-state index contributed by atoms with van der Waals surface area (Å²) in [6, 6.07) is -0.748. The van der Waals surface area contributed by atoms with Crippen LogP contribution in [0.2, 0.25) is 0 Å². The number of hydrogen-bond donors (Lipinski definition) is 2. The molecule has 1 unspecified atom stereocenters. The largest absolute Gasteiger partial charge is 0.354 e. The normalized spacial score (nSPS) is 25.3. The van der Waals surface area contributed by atoms with Crippen LogP contribution in [0.15, 0.2) is 0 Å². The first kappa shape index (κ1) is 12.4. The van der Waals surface area contributed by atoms with E-state index in [1.165, 1.54) is 0 Å². The third kappa shape index (κ3) is 4.11. The Morgan fingerprint density at radius 1 is 1.53 bits per heavy atom. The molecular formula is C10H18F2N2O. The summed E-state index contributed by atoms with van der Waals surface area (Å²) in [6.07, 6.45) is -0.400. The van der Waals surface area contributed by atoms with Gasteiger partial charge in [-0.2, -0.15) is 0 Å². The first-order valence-corrected chi connectivity index (χ1v) is 5.09. The highest BCUT2D eigenvalue weighted by Gasteiger charge is 2.42. The van der Waals surface area contributed by atoms with Gasteiger partial charge in [-0.15, -0.1) is 0 Å². The molecule has 2 N–H and O–H groups in total. The van der Waals surface area contributed by atoms with Crippen LogP contribution in [0, 0.1) is 5.41 Å². The summed E-state index contributed by atoms with van der Waals surface area (Å²) >= 11 is 0. The Balaban J connectivity index is 2.37. The van der Waals surface area contributed by atoms with Gasteiger partial charge in [0.25, 0.3) is 5.92 Å².